The zero-order chi connectivity index (χ0) is 14.4. The molecule has 1 amide bonds. The van der Waals surface area contributed by atoms with Gasteiger partial charge in [-0.3, -0.25) is 21.0 Å². The van der Waals surface area contributed by atoms with Crippen molar-refractivity contribution in [2.24, 2.45) is 0 Å². The highest BCUT2D eigenvalue weighted by molar-refractivity contribution is 7.80. The van der Waals surface area contributed by atoms with Crippen molar-refractivity contribution in [3.05, 3.63) is 66.0 Å². The lowest BCUT2D eigenvalue weighted by Gasteiger charge is -2.11. The van der Waals surface area contributed by atoms with Crippen LogP contribution in [0.15, 0.2) is 54.6 Å². The summed E-state index contributed by atoms with van der Waals surface area (Å²) in [6, 6.07) is 14.5. The van der Waals surface area contributed by atoms with Crippen LogP contribution in [0, 0.1) is 5.82 Å². The van der Waals surface area contributed by atoms with Crippen molar-refractivity contribution in [2.45, 2.75) is 0 Å². The number of rotatable bonds is 3. The van der Waals surface area contributed by atoms with E-state index in [1.807, 2.05) is 30.3 Å². The van der Waals surface area contributed by atoms with Gasteiger partial charge in [-0.2, -0.15) is 0 Å². The van der Waals surface area contributed by atoms with Crippen molar-refractivity contribution < 1.29 is 9.18 Å². The third kappa shape index (κ3) is 4.03. The van der Waals surface area contributed by atoms with E-state index in [9.17, 15) is 9.18 Å². The molecule has 0 atom stereocenters. The molecule has 0 aliphatic heterocycles. The van der Waals surface area contributed by atoms with Gasteiger partial charge in [-0.15, -0.1) is 0 Å². The number of carbonyl (C=O) groups excluding carboxylic acids is 1. The maximum Gasteiger partial charge on any atom is 0.257 e. The van der Waals surface area contributed by atoms with Crippen LogP contribution in [-0.4, -0.2) is 11.0 Å². The summed E-state index contributed by atoms with van der Waals surface area (Å²) < 4.78 is 12.7. The average Bonchev–Trinajstić information content (AvgIpc) is 2.47. The van der Waals surface area contributed by atoms with Gasteiger partial charge in [0.1, 0.15) is 5.82 Å². The van der Waals surface area contributed by atoms with E-state index in [1.165, 1.54) is 24.3 Å². The van der Waals surface area contributed by atoms with Gasteiger partial charge < -0.3 is 0 Å². The lowest BCUT2D eigenvalue weighted by Crippen LogP contribution is -2.41. The normalized spacial score (nSPS) is 9.65. The fourth-order valence-corrected chi connectivity index (χ4v) is 1.60. The topological polar surface area (TPSA) is 53.2 Å². The second kappa shape index (κ2) is 6.63. The highest BCUT2D eigenvalue weighted by Crippen LogP contribution is 2.03. The molecule has 0 aliphatic rings. The fraction of sp³-hybridized carbons (Fsp3) is 0. The van der Waals surface area contributed by atoms with E-state index in [0.717, 1.165) is 5.69 Å². The van der Waals surface area contributed by atoms with Gasteiger partial charge >= 0.3 is 0 Å². The quantitative estimate of drug-likeness (QED) is 0.600. The van der Waals surface area contributed by atoms with Crippen LogP contribution in [0.2, 0.25) is 0 Å². The minimum Gasteiger partial charge on any atom is -0.299 e. The van der Waals surface area contributed by atoms with Gasteiger partial charge in [0.05, 0.1) is 5.69 Å². The van der Waals surface area contributed by atoms with Crippen molar-refractivity contribution >= 4 is 28.9 Å². The summed E-state index contributed by atoms with van der Waals surface area (Å²) in [6.07, 6.45) is 0. The molecular formula is C14H12FN3OS. The molecule has 102 valence electrons. The maximum atomic E-state index is 12.7. The minimum atomic E-state index is -0.405. The summed E-state index contributed by atoms with van der Waals surface area (Å²) >= 11 is 4.98. The first kappa shape index (κ1) is 14.0. The minimum absolute atomic E-state index is 0.128. The van der Waals surface area contributed by atoms with E-state index < -0.39 is 11.7 Å². The molecule has 0 saturated heterocycles. The molecule has 2 aromatic rings. The van der Waals surface area contributed by atoms with Crippen LogP contribution in [-0.2, 0) is 0 Å². The zero-order valence-electron chi connectivity index (χ0n) is 10.4. The highest BCUT2D eigenvalue weighted by Gasteiger charge is 2.07. The van der Waals surface area contributed by atoms with Gasteiger partial charge in [-0.25, -0.2) is 4.39 Å². The molecule has 0 fully saturated rings. The van der Waals surface area contributed by atoms with E-state index in [4.69, 9.17) is 12.2 Å². The Kier molecular flexibility index (Phi) is 4.62. The van der Waals surface area contributed by atoms with Gasteiger partial charge in [-0.05, 0) is 48.6 Å². The number of para-hydroxylation sites is 1. The van der Waals surface area contributed by atoms with Crippen molar-refractivity contribution in [1.82, 2.24) is 10.7 Å². The van der Waals surface area contributed by atoms with E-state index in [0.29, 0.717) is 5.56 Å². The van der Waals surface area contributed by atoms with Crippen LogP contribution < -0.4 is 16.2 Å². The molecular weight excluding hydrogens is 277 g/mol. The lowest BCUT2D eigenvalue weighted by molar-refractivity contribution is 0.0977. The Balaban J connectivity index is 1.85. The van der Waals surface area contributed by atoms with Crippen LogP contribution in [0.5, 0.6) is 0 Å². The van der Waals surface area contributed by atoms with Crippen LogP contribution >= 0.6 is 12.2 Å². The predicted octanol–water partition coefficient (Wildman–Crippen LogP) is 2.46. The van der Waals surface area contributed by atoms with E-state index in [2.05, 4.69) is 16.2 Å². The number of anilines is 1. The number of carbonyl (C=O) groups is 1. The molecule has 0 aliphatic carbocycles. The van der Waals surface area contributed by atoms with Gasteiger partial charge in [0, 0.05) is 5.56 Å². The number of hydrogen-bond acceptors (Lipinski definition) is 3. The van der Waals surface area contributed by atoms with Gasteiger partial charge in [0.2, 0.25) is 0 Å². The van der Waals surface area contributed by atoms with Crippen LogP contribution in [0.3, 0.4) is 0 Å². The average molecular weight is 289 g/mol. The third-order valence-corrected chi connectivity index (χ3v) is 2.63. The fourth-order valence-electron chi connectivity index (χ4n) is 1.46. The molecule has 0 saturated carbocycles. The van der Waals surface area contributed by atoms with E-state index >= 15 is 0 Å². The van der Waals surface area contributed by atoms with Crippen molar-refractivity contribution in [3.8, 4) is 0 Å². The molecule has 2 aromatic carbocycles. The molecule has 4 nitrogen and oxygen atoms in total. The number of amides is 1. The standard InChI is InChI=1S/C14H12FN3OS/c15-11-8-6-10(7-9-11)13(19)16-14(20)18-17-12-4-2-1-3-5-12/h1-9,17H,(H2,16,18,19,20). The summed E-state index contributed by atoms with van der Waals surface area (Å²) in [5.41, 5.74) is 6.67. The van der Waals surface area contributed by atoms with E-state index in [1.54, 1.807) is 0 Å². The van der Waals surface area contributed by atoms with Gasteiger partial charge in [0.15, 0.2) is 5.11 Å². The Morgan fingerprint density at radius 2 is 1.65 bits per heavy atom. The monoisotopic (exact) mass is 289 g/mol. The molecule has 0 heterocycles. The molecule has 20 heavy (non-hydrogen) atoms. The Bertz CT molecular complexity index is 602. The molecule has 0 bridgehead atoms. The third-order valence-electron chi connectivity index (χ3n) is 2.43. The van der Waals surface area contributed by atoms with Crippen molar-refractivity contribution in [1.29, 1.82) is 0 Å². The first-order valence-corrected chi connectivity index (χ1v) is 6.24. The second-order valence-corrected chi connectivity index (χ2v) is 4.31. The summed E-state index contributed by atoms with van der Waals surface area (Å²) in [5.74, 6) is -0.801. The zero-order valence-corrected chi connectivity index (χ0v) is 11.2. The van der Waals surface area contributed by atoms with Crippen molar-refractivity contribution in [2.75, 3.05) is 5.43 Å². The number of nitrogens with one attached hydrogen (secondary N) is 3. The first-order chi connectivity index (χ1) is 9.65. The van der Waals surface area contributed by atoms with Crippen LogP contribution in [0.4, 0.5) is 10.1 Å². The maximum absolute atomic E-state index is 12.7. The Morgan fingerprint density at radius 3 is 2.30 bits per heavy atom. The molecule has 3 N–H and O–H groups in total. The first-order valence-electron chi connectivity index (χ1n) is 5.83. The number of hydrazine groups is 1. The number of thiocarbonyl (C=S) groups is 1. The number of benzene rings is 2. The summed E-state index contributed by atoms with van der Waals surface area (Å²) in [4.78, 5) is 11.8. The molecule has 6 heteroatoms. The molecule has 0 unspecified atom stereocenters. The lowest BCUT2D eigenvalue weighted by atomic mass is 10.2. The number of halogens is 1. The van der Waals surface area contributed by atoms with Crippen LogP contribution in [0.25, 0.3) is 0 Å². The molecule has 0 radical (unpaired) electrons. The highest BCUT2D eigenvalue weighted by atomic mass is 32.1. The Labute approximate surface area is 121 Å². The second-order valence-electron chi connectivity index (χ2n) is 3.91. The Morgan fingerprint density at radius 1 is 1.00 bits per heavy atom. The van der Waals surface area contributed by atoms with Crippen molar-refractivity contribution in [3.63, 3.8) is 0 Å². The van der Waals surface area contributed by atoms with Crippen LogP contribution in [0.1, 0.15) is 10.4 Å². The largest absolute Gasteiger partial charge is 0.299 e. The predicted molar refractivity (Wildman–Crippen MR) is 79.7 cm³/mol. The smallest absolute Gasteiger partial charge is 0.257 e. The summed E-state index contributed by atoms with van der Waals surface area (Å²) in [7, 11) is 0. The molecule has 2 rings (SSSR count). The van der Waals surface area contributed by atoms with Gasteiger partial charge in [-0.1, -0.05) is 18.2 Å². The Hall–Kier alpha value is -2.47. The summed E-state index contributed by atoms with van der Waals surface area (Å²) in [5, 5.41) is 2.61. The summed E-state index contributed by atoms with van der Waals surface area (Å²) in [6.45, 7) is 0. The number of hydrogen-bond donors (Lipinski definition) is 3. The van der Waals surface area contributed by atoms with Gasteiger partial charge in [0.25, 0.3) is 5.91 Å². The molecule has 0 spiro atoms. The molecule has 0 aromatic heterocycles. The SMILES string of the molecule is O=C(NC(=S)NNc1ccccc1)c1ccc(F)cc1. The van der Waals surface area contributed by atoms with E-state index in [-0.39, 0.29) is 5.11 Å².